The lowest BCUT2D eigenvalue weighted by Gasteiger charge is -2.12. The lowest BCUT2D eigenvalue weighted by molar-refractivity contribution is 0.0963. The molecule has 2 atom stereocenters. The lowest BCUT2D eigenvalue weighted by Crippen LogP contribution is -2.38. The van der Waals surface area contributed by atoms with Gasteiger partial charge in [0.1, 0.15) is 0 Å². The summed E-state index contributed by atoms with van der Waals surface area (Å²) in [7, 11) is 1.65. The molecule has 3 N–H and O–H groups in total. The first-order valence-electron chi connectivity index (χ1n) is 10.1. The monoisotopic (exact) mass is 378 g/mol. The number of hydrogen-bond acceptors (Lipinski definition) is 2. The van der Waals surface area contributed by atoms with Crippen molar-refractivity contribution in [2.24, 2.45) is 10.9 Å². The number of amides is 1. The lowest BCUT2D eigenvalue weighted by atomic mass is 10.1. The van der Waals surface area contributed by atoms with Crippen LogP contribution in [-0.2, 0) is 6.42 Å². The van der Waals surface area contributed by atoms with E-state index in [4.69, 9.17) is 4.99 Å². The molecular formula is C23H30N4O. The summed E-state index contributed by atoms with van der Waals surface area (Å²) in [6, 6.07) is 18.5. The summed E-state index contributed by atoms with van der Waals surface area (Å²) < 4.78 is 0. The van der Waals surface area contributed by atoms with Gasteiger partial charge in [0.05, 0.1) is 0 Å². The van der Waals surface area contributed by atoms with Gasteiger partial charge in [-0.2, -0.15) is 0 Å². The Balaban J connectivity index is 1.48. The molecule has 0 radical (unpaired) electrons. The number of nitrogens with one attached hydrogen (secondary N) is 3. The van der Waals surface area contributed by atoms with Crippen LogP contribution in [0.3, 0.4) is 0 Å². The van der Waals surface area contributed by atoms with Gasteiger partial charge in [0.15, 0.2) is 5.96 Å². The molecule has 5 heteroatoms. The van der Waals surface area contributed by atoms with Crippen molar-refractivity contribution in [2.75, 3.05) is 26.7 Å². The quantitative estimate of drug-likeness (QED) is 0.489. The van der Waals surface area contributed by atoms with Crippen LogP contribution in [0.25, 0.3) is 0 Å². The molecule has 1 amide bonds. The van der Waals surface area contributed by atoms with Crippen LogP contribution in [0.2, 0.25) is 0 Å². The number of guanidine groups is 1. The molecule has 3 rings (SSSR count). The third kappa shape index (κ3) is 5.59. The highest BCUT2D eigenvalue weighted by Gasteiger charge is 2.37. The molecule has 1 fully saturated rings. The molecule has 28 heavy (non-hydrogen) atoms. The molecule has 2 aromatic carbocycles. The molecule has 148 valence electrons. The van der Waals surface area contributed by atoms with Crippen molar-refractivity contribution in [1.29, 1.82) is 0 Å². The van der Waals surface area contributed by atoms with Gasteiger partial charge in [-0.3, -0.25) is 9.79 Å². The van der Waals surface area contributed by atoms with Crippen molar-refractivity contribution >= 4 is 11.9 Å². The van der Waals surface area contributed by atoms with Gasteiger partial charge in [0.25, 0.3) is 5.91 Å². The summed E-state index contributed by atoms with van der Waals surface area (Å²) >= 11 is 0. The number of nitrogens with zero attached hydrogens (tertiary/aromatic N) is 1. The smallest absolute Gasteiger partial charge is 0.251 e. The Hall–Kier alpha value is -2.82. The second-order valence-corrected chi connectivity index (χ2v) is 7.19. The van der Waals surface area contributed by atoms with Crippen LogP contribution in [0.15, 0.2) is 59.6 Å². The number of benzene rings is 2. The maximum atomic E-state index is 11.8. The maximum absolute atomic E-state index is 11.8. The minimum atomic E-state index is -0.0536. The third-order valence-electron chi connectivity index (χ3n) is 5.10. The largest absolute Gasteiger partial charge is 0.357 e. The van der Waals surface area contributed by atoms with E-state index in [0.717, 1.165) is 37.6 Å². The highest BCUT2D eigenvalue weighted by Crippen LogP contribution is 2.47. The Kier molecular flexibility index (Phi) is 7.06. The SMILES string of the molecule is CCNC(=NCC1CC1c1ccccc1)NCCc1cccc(C(=O)NC)c1. The fourth-order valence-corrected chi connectivity index (χ4v) is 3.45. The van der Waals surface area contributed by atoms with Crippen LogP contribution in [0.5, 0.6) is 0 Å². The minimum Gasteiger partial charge on any atom is -0.357 e. The Morgan fingerprint density at radius 2 is 1.93 bits per heavy atom. The van der Waals surface area contributed by atoms with Crippen LogP contribution in [-0.4, -0.2) is 38.5 Å². The van der Waals surface area contributed by atoms with E-state index in [-0.39, 0.29) is 5.91 Å². The molecule has 1 aliphatic rings. The number of aliphatic imine (C=N–C) groups is 1. The highest BCUT2D eigenvalue weighted by molar-refractivity contribution is 5.94. The zero-order chi connectivity index (χ0) is 19.8. The van der Waals surface area contributed by atoms with Gasteiger partial charge in [-0.05, 0) is 54.9 Å². The standard InChI is InChI=1S/C23H30N4O/c1-3-25-23(27-16-20-15-21(20)18-9-5-4-6-10-18)26-13-12-17-8-7-11-19(14-17)22(28)24-2/h4-11,14,20-21H,3,12-13,15-16H2,1-2H3,(H,24,28)(H2,25,26,27). The molecule has 0 aromatic heterocycles. The molecule has 0 aliphatic heterocycles. The van der Waals surface area contributed by atoms with Gasteiger partial charge in [-0.25, -0.2) is 0 Å². The molecule has 0 bridgehead atoms. The first kappa shape index (κ1) is 19.9. The summed E-state index contributed by atoms with van der Waals surface area (Å²) in [5.74, 6) is 2.10. The van der Waals surface area contributed by atoms with Crippen LogP contribution < -0.4 is 16.0 Å². The van der Waals surface area contributed by atoms with E-state index in [1.807, 2.05) is 24.3 Å². The second kappa shape index (κ2) is 9.93. The van der Waals surface area contributed by atoms with Gasteiger partial charge in [0, 0.05) is 32.2 Å². The zero-order valence-electron chi connectivity index (χ0n) is 16.7. The van der Waals surface area contributed by atoms with Crippen molar-refractivity contribution < 1.29 is 4.79 Å². The van der Waals surface area contributed by atoms with E-state index in [1.54, 1.807) is 7.05 Å². The van der Waals surface area contributed by atoms with Crippen LogP contribution >= 0.6 is 0 Å². The van der Waals surface area contributed by atoms with E-state index in [9.17, 15) is 4.79 Å². The van der Waals surface area contributed by atoms with Crippen molar-refractivity contribution in [3.63, 3.8) is 0 Å². The highest BCUT2D eigenvalue weighted by atomic mass is 16.1. The Labute approximate surface area is 167 Å². The topological polar surface area (TPSA) is 65.5 Å². The minimum absolute atomic E-state index is 0.0536. The van der Waals surface area contributed by atoms with E-state index in [1.165, 1.54) is 12.0 Å². The number of rotatable bonds is 8. The summed E-state index contributed by atoms with van der Waals surface area (Å²) in [5.41, 5.74) is 3.26. The molecule has 0 saturated heterocycles. The molecule has 5 nitrogen and oxygen atoms in total. The molecule has 0 spiro atoms. The van der Waals surface area contributed by atoms with Crippen molar-refractivity contribution in [2.45, 2.75) is 25.7 Å². The molecule has 0 heterocycles. The normalized spacial score (nSPS) is 18.4. The van der Waals surface area contributed by atoms with E-state index in [0.29, 0.717) is 17.4 Å². The fraction of sp³-hybridized carbons (Fsp3) is 0.391. The average molecular weight is 379 g/mol. The van der Waals surface area contributed by atoms with Crippen molar-refractivity contribution in [1.82, 2.24) is 16.0 Å². The van der Waals surface area contributed by atoms with Crippen molar-refractivity contribution in [3.8, 4) is 0 Å². The predicted octanol–water partition coefficient (Wildman–Crippen LogP) is 2.95. The number of carbonyl (C=O) groups excluding carboxylic acids is 1. The summed E-state index contributed by atoms with van der Waals surface area (Å²) in [6.45, 7) is 4.54. The number of carbonyl (C=O) groups is 1. The molecule has 1 saturated carbocycles. The Bertz CT molecular complexity index is 803. The summed E-state index contributed by atoms with van der Waals surface area (Å²) in [5, 5.41) is 9.39. The van der Waals surface area contributed by atoms with Crippen LogP contribution in [0.1, 0.15) is 40.7 Å². The molecule has 2 aromatic rings. The van der Waals surface area contributed by atoms with Crippen LogP contribution in [0, 0.1) is 5.92 Å². The summed E-state index contributed by atoms with van der Waals surface area (Å²) in [6.07, 6.45) is 2.06. The molecule has 1 aliphatic carbocycles. The van der Waals surface area contributed by atoms with Gasteiger partial charge < -0.3 is 16.0 Å². The van der Waals surface area contributed by atoms with Gasteiger partial charge in [-0.15, -0.1) is 0 Å². The Morgan fingerprint density at radius 1 is 1.11 bits per heavy atom. The number of hydrogen-bond donors (Lipinski definition) is 3. The first-order chi connectivity index (χ1) is 13.7. The third-order valence-corrected chi connectivity index (χ3v) is 5.10. The van der Waals surface area contributed by atoms with Crippen LogP contribution in [0.4, 0.5) is 0 Å². The van der Waals surface area contributed by atoms with Gasteiger partial charge >= 0.3 is 0 Å². The average Bonchev–Trinajstić information content (AvgIpc) is 3.52. The maximum Gasteiger partial charge on any atom is 0.251 e. The van der Waals surface area contributed by atoms with E-state index < -0.39 is 0 Å². The fourth-order valence-electron chi connectivity index (χ4n) is 3.45. The van der Waals surface area contributed by atoms with Gasteiger partial charge in [-0.1, -0.05) is 42.5 Å². The Morgan fingerprint density at radius 3 is 2.68 bits per heavy atom. The zero-order valence-corrected chi connectivity index (χ0v) is 16.7. The molecule has 2 unspecified atom stereocenters. The molecular weight excluding hydrogens is 348 g/mol. The van der Waals surface area contributed by atoms with Gasteiger partial charge in [0.2, 0.25) is 0 Å². The second-order valence-electron chi connectivity index (χ2n) is 7.19. The van der Waals surface area contributed by atoms with Crippen molar-refractivity contribution in [3.05, 3.63) is 71.3 Å². The van der Waals surface area contributed by atoms with E-state index >= 15 is 0 Å². The summed E-state index contributed by atoms with van der Waals surface area (Å²) in [4.78, 5) is 16.5. The predicted molar refractivity (Wildman–Crippen MR) is 115 cm³/mol. The van der Waals surface area contributed by atoms with E-state index in [2.05, 4.69) is 53.2 Å². The first-order valence-corrected chi connectivity index (χ1v) is 10.1.